The van der Waals surface area contributed by atoms with E-state index in [0.29, 0.717) is 24.7 Å². The summed E-state index contributed by atoms with van der Waals surface area (Å²) in [6.45, 7) is 9.12. The van der Waals surface area contributed by atoms with E-state index in [1.807, 2.05) is 6.92 Å². The molecule has 0 saturated carbocycles. The first-order chi connectivity index (χ1) is 13.1. The third-order valence-electron chi connectivity index (χ3n) is 4.70. The van der Waals surface area contributed by atoms with Crippen molar-refractivity contribution in [1.82, 2.24) is 20.9 Å². The molecule has 0 radical (unpaired) electrons. The zero-order chi connectivity index (χ0) is 19.5. The number of halogens is 2. The highest BCUT2D eigenvalue weighted by molar-refractivity contribution is 14.0. The molecule has 1 amide bonds. The molecule has 1 fully saturated rings. The monoisotopic (exact) mass is 505 g/mol. The Labute approximate surface area is 184 Å². The molecule has 0 bridgehead atoms. The quantitative estimate of drug-likeness (QED) is 0.208. The maximum absolute atomic E-state index is 13.2. The first-order valence-electron chi connectivity index (χ1n) is 9.89. The Morgan fingerprint density at radius 1 is 1.25 bits per heavy atom. The lowest BCUT2D eigenvalue weighted by atomic mass is 10.1. The first-order valence-corrected chi connectivity index (χ1v) is 9.89. The van der Waals surface area contributed by atoms with E-state index in [1.54, 1.807) is 12.1 Å². The molecule has 1 aliphatic rings. The lowest BCUT2D eigenvalue weighted by Gasteiger charge is -2.21. The first kappa shape index (κ1) is 24.6. The van der Waals surface area contributed by atoms with Crippen molar-refractivity contribution in [2.24, 2.45) is 4.99 Å². The van der Waals surface area contributed by atoms with Crippen molar-refractivity contribution < 1.29 is 9.18 Å². The molecule has 1 aromatic carbocycles. The number of rotatable bonds is 9. The van der Waals surface area contributed by atoms with Gasteiger partial charge in [-0.1, -0.05) is 19.1 Å². The average Bonchev–Trinajstić information content (AvgIpc) is 3.10. The summed E-state index contributed by atoms with van der Waals surface area (Å²) in [7, 11) is 0. The summed E-state index contributed by atoms with van der Waals surface area (Å²) in [5.41, 5.74) is 0.674. The number of carbonyl (C=O) groups excluding carboxylic acids is 1. The summed E-state index contributed by atoms with van der Waals surface area (Å²) in [5, 5.41) is 9.34. The van der Waals surface area contributed by atoms with E-state index >= 15 is 0 Å². The summed E-state index contributed by atoms with van der Waals surface area (Å²) in [4.78, 5) is 19.1. The standard InChI is InChI=1S/C20H32FN5O.HI/c1-3-22-20(25-15-18-9-6-12-26(18)4-2)24-11-10-23-19(27)14-16-7-5-8-17(21)13-16;/h5,7-8,13,18H,3-4,6,9-12,14-15H2,1-2H3,(H,23,27)(H2,22,24,25);1H. The minimum absolute atomic E-state index is 0. The van der Waals surface area contributed by atoms with Gasteiger partial charge in [0.15, 0.2) is 5.96 Å². The second kappa shape index (κ2) is 13.7. The molecule has 0 spiro atoms. The number of hydrogen-bond donors (Lipinski definition) is 3. The van der Waals surface area contributed by atoms with E-state index < -0.39 is 0 Å². The van der Waals surface area contributed by atoms with E-state index in [4.69, 9.17) is 0 Å². The Morgan fingerprint density at radius 2 is 2.04 bits per heavy atom. The summed E-state index contributed by atoms with van der Waals surface area (Å²) >= 11 is 0. The number of hydrogen-bond acceptors (Lipinski definition) is 3. The molecule has 1 atom stereocenters. The molecule has 1 heterocycles. The number of likely N-dealkylation sites (tertiary alicyclic amines) is 1. The van der Waals surface area contributed by atoms with Crippen molar-refractivity contribution >= 4 is 35.8 Å². The SMILES string of the molecule is CCNC(=NCC1CCCN1CC)NCCNC(=O)Cc1cccc(F)c1.I. The Kier molecular flexibility index (Phi) is 12.1. The van der Waals surface area contributed by atoms with Crippen LogP contribution in [-0.2, 0) is 11.2 Å². The largest absolute Gasteiger partial charge is 0.357 e. The third-order valence-corrected chi connectivity index (χ3v) is 4.70. The van der Waals surface area contributed by atoms with Crippen LogP contribution in [0.1, 0.15) is 32.3 Å². The minimum atomic E-state index is -0.322. The molecule has 1 aliphatic heterocycles. The van der Waals surface area contributed by atoms with Crippen LogP contribution in [0.3, 0.4) is 0 Å². The van der Waals surface area contributed by atoms with Gasteiger partial charge >= 0.3 is 0 Å². The van der Waals surface area contributed by atoms with E-state index in [1.165, 1.54) is 25.0 Å². The Bertz CT molecular complexity index is 628. The molecule has 6 nitrogen and oxygen atoms in total. The molecule has 0 aliphatic carbocycles. The van der Waals surface area contributed by atoms with E-state index in [2.05, 4.69) is 32.8 Å². The zero-order valence-electron chi connectivity index (χ0n) is 16.8. The highest BCUT2D eigenvalue weighted by Crippen LogP contribution is 2.16. The number of aliphatic imine (C=N–C) groups is 1. The van der Waals surface area contributed by atoms with Gasteiger partial charge in [-0.25, -0.2) is 4.39 Å². The van der Waals surface area contributed by atoms with Gasteiger partial charge in [-0.05, 0) is 50.6 Å². The Morgan fingerprint density at radius 3 is 2.75 bits per heavy atom. The fraction of sp³-hybridized carbons (Fsp3) is 0.600. The van der Waals surface area contributed by atoms with Gasteiger partial charge in [-0.15, -0.1) is 24.0 Å². The molecule has 1 aromatic rings. The van der Waals surface area contributed by atoms with Crippen LogP contribution in [-0.4, -0.2) is 62.1 Å². The topological polar surface area (TPSA) is 68.8 Å². The van der Waals surface area contributed by atoms with Gasteiger partial charge in [0.2, 0.25) is 5.91 Å². The highest BCUT2D eigenvalue weighted by atomic mass is 127. The molecular weight excluding hydrogens is 472 g/mol. The van der Waals surface area contributed by atoms with E-state index in [0.717, 1.165) is 32.1 Å². The number of amides is 1. The van der Waals surface area contributed by atoms with Crippen LogP contribution in [0.5, 0.6) is 0 Å². The van der Waals surface area contributed by atoms with Gasteiger partial charge in [-0.2, -0.15) is 0 Å². The van der Waals surface area contributed by atoms with Crippen LogP contribution < -0.4 is 16.0 Å². The van der Waals surface area contributed by atoms with Crippen molar-refractivity contribution in [3.05, 3.63) is 35.6 Å². The molecule has 158 valence electrons. The third kappa shape index (κ3) is 8.72. The second-order valence-electron chi connectivity index (χ2n) is 6.73. The number of nitrogens with one attached hydrogen (secondary N) is 3. The number of nitrogens with zero attached hydrogens (tertiary/aromatic N) is 2. The highest BCUT2D eigenvalue weighted by Gasteiger charge is 2.22. The van der Waals surface area contributed by atoms with Crippen LogP contribution in [0.2, 0.25) is 0 Å². The molecule has 2 rings (SSSR count). The summed E-state index contributed by atoms with van der Waals surface area (Å²) < 4.78 is 13.2. The predicted molar refractivity (Wildman–Crippen MR) is 123 cm³/mol. The van der Waals surface area contributed by atoms with Gasteiger partial charge < -0.3 is 16.0 Å². The van der Waals surface area contributed by atoms with Crippen molar-refractivity contribution in [2.75, 3.05) is 39.3 Å². The van der Waals surface area contributed by atoms with Crippen molar-refractivity contribution in [3.8, 4) is 0 Å². The number of likely N-dealkylation sites (N-methyl/N-ethyl adjacent to an activating group) is 1. The van der Waals surface area contributed by atoms with Crippen molar-refractivity contribution in [2.45, 2.75) is 39.2 Å². The van der Waals surface area contributed by atoms with E-state index in [9.17, 15) is 9.18 Å². The van der Waals surface area contributed by atoms with Crippen molar-refractivity contribution in [1.29, 1.82) is 0 Å². The smallest absolute Gasteiger partial charge is 0.224 e. The van der Waals surface area contributed by atoms with Gasteiger partial charge in [0.05, 0.1) is 13.0 Å². The van der Waals surface area contributed by atoms with Crippen LogP contribution >= 0.6 is 24.0 Å². The Hall–Kier alpha value is -1.42. The van der Waals surface area contributed by atoms with Crippen LogP contribution in [0, 0.1) is 5.82 Å². The summed E-state index contributed by atoms with van der Waals surface area (Å²) in [6.07, 6.45) is 2.63. The minimum Gasteiger partial charge on any atom is -0.357 e. The van der Waals surface area contributed by atoms with Gasteiger partial charge in [0.25, 0.3) is 0 Å². The van der Waals surface area contributed by atoms with Gasteiger partial charge in [0, 0.05) is 25.7 Å². The van der Waals surface area contributed by atoms with E-state index in [-0.39, 0.29) is 42.1 Å². The predicted octanol–water partition coefficient (Wildman–Crippen LogP) is 2.14. The lowest BCUT2D eigenvalue weighted by Crippen LogP contribution is -2.42. The molecule has 28 heavy (non-hydrogen) atoms. The molecule has 1 saturated heterocycles. The zero-order valence-corrected chi connectivity index (χ0v) is 19.2. The normalized spacial score (nSPS) is 17.1. The molecule has 3 N–H and O–H groups in total. The maximum atomic E-state index is 13.2. The number of benzene rings is 1. The average molecular weight is 505 g/mol. The van der Waals surface area contributed by atoms with Gasteiger partial charge in [0.1, 0.15) is 5.82 Å². The molecule has 8 heteroatoms. The maximum Gasteiger partial charge on any atom is 0.224 e. The van der Waals surface area contributed by atoms with Crippen LogP contribution in [0.4, 0.5) is 4.39 Å². The number of guanidine groups is 1. The second-order valence-corrected chi connectivity index (χ2v) is 6.73. The van der Waals surface area contributed by atoms with Crippen LogP contribution in [0.15, 0.2) is 29.3 Å². The fourth-order valence-corrected chi connectivity index (χ4v) is 3.33. The van der Waals surface area contributed by atoms with Crippen molar-refractivity contribution in [3.63, 3.8) is 0 Å². The number of carbonyl (C=O) groups is 1. The van der Waals surface area contributed by atoms with Crippen LogP contribution in [0.25, 0.3) is 0 Å². The molecule has 1 unspecified atom stereocenters. The van der Waals surface area contributed by atoms with Gasteiger partial charge in [-0.3, -0.25) is 14.7 Å². The summed E-state index contributed by atoms with van der Waals surface area (Å²) in [6, 6.07) is 6.65. The molecule has 0 aromatic heterocycles. The summed E-state index contributed by atoms with van der Waals surface area (Å²) in [5.74, 6) is 0.339. The molecular formula is C20H33FIN5O. The Balaban J connectivity index is 0.00000392. The fourth-order valence-electron chi connectivity index (χ4n) is 3.33. The lowest BCUT2D eigenvalue weighted by molar-refractivity contribution is -0.120.